The van der Waals surface area contributed by atoms with Gasteiger partial charge in [-0.2, -0.15) is 0 Å². The molecule has 21 heavy (non-hydrogen) atoms. The SMILES string of the molecule is CCCNC(Cc1cccc(C)c1)c1ccc(Br)c(C)c1. The van der Waals surface area contributed by atoms with Crippen molar-refractivity contribution in [2.75, 3.05) is 6.54 Å². The van der Waals surface area contributed by atoms with Crippen molar-refractivity contribution in [2.45, 2.75) is 39.7 Å². The van der Waals surface area contributed by atoms with Crippen LogP contribution in [0, 0.1) is 13.8 Å². The lowest BCUT2D eigenvalue weighted by Gasteiger charge is -2.20. The van der Waals surface area contributed by atoms with Gasteiger partial charge in [0.15, 0.2) is 0 Å². The van der Waals surface area contributed by atoms with E-state index in [9.17, 15) is 0 Å². The minimum atomic E-state index is 0.374. The van der Waals surface area contributed by atoms with E-state index in [1.807, 2.05) is 0 Å². The van der Waals surface area contributed by atoms with Gasteiger partial charge in [-0.25, -0.2) is 0 Å². The Bertz CT molecular complexity index is 592. The molecule has 0 aliphatic rings. The van der Waals surface area contributed by atoms with Crippen molar-refractivity contribution in [3.05, 3.63) is 69.2 Å². The van der Waals surface area contributed by atoms with E-state index in [1.54, 1.807) is 0 Å². The average molecular weight is 346 g/mol. The first-order valence-corrected chi connectivity index (χ1v) is 8.44. The molecule has 0 saturated carbocycles. The van der Waals surface area contributed by atoms with Gasteiger partial charge in [-0.05, 0) is 56.0 Å². The molecule has 0 aliphatic carbocycles. The molecule has 2 aromatic rings. The molecule has 112 valence electrons. The van der Waals surface area contributed by atoms with Crippen LogP contribution in [0.1, 0.15) is 41.6 Å². The highest BCUT2D eigenvalue weighted by molar-refractivity contribution is 9.10. The molecule has 0 fully saturated rings. The van der Waals surface area contributed by atoms with Gasteiger partial charge in [-0.3, -0.25) is 0 Å². The van der Waals surface area contributed by atoms with E-state index in [1.165, 1.54) is 26.7 Å². The molecule has 0 aromatic heterocycles. The molecule has 0 radical (unpaired) electrons. The normalized spacial score (nSPS) is 12.4. The van der Waals surface area contributed by atoms with Gasteiger partial charge in [0.05, 0.1) is 0 Å². The van der Waals surface area contributed by atoms with Crippen LogP contribution in [-0.2, 0) is 6.42 Å². The van der Waals surface area contributed by atoms with Crippen molar-refractivity contribution < 1.29 is 0 Å². The Morgan fingerprint density at radius 3 is 2.57 bits per heavy atom. The number of hydrogen-bond acceptors (Lipinski definition) is 1. The zero-order valence-corrected chi connectivity index (χ0v) is 14.7. The summed E-state index contributed by atoms with van der Waals surface area (Å²) in [6.07, 6.45) is 2.18. The number of halogens is 1. The van der Waals surface area contributed by atoms with Gasteiger partial charge in [0.25, 0.3) is 0 Å². The lowest BCUT2D eigenvalue weighted by molar-refractivity contribution is 0.529. The van der Waals surface area contributed by atoms with Gasteiger partial charge in [0.1, 0.15) is 0 Å². The van der Waals surface area contributed by atoms with Gasteiger partial charge in [-0.1, -0.05) is 64.8 Å². The van der Waals surface area contributed by atoms with E-state index in [0.717, 1.165) is 19.4 Å². The molecule has 1 unspecified atom stereocenters. The second kappa shape index (κ2) is 7.77. The monoisotopic (exact) mass is 345 g/mol. The second-order valence-corrected chi connectivity index (χ2v) is 6.56. The quantitative estimate of drug-likeness (QED) is 0.743. The third-order valence-electron chi connectivity index (χ3n) is 3.75. The van der Waals surface area contributed by atoms with Crippen molar-refractivity contribution >= 4 is 15.9 Å². The third kappa shape index (κ3) is 4.69. The molecule has 0 heterocycles. The Morgan fingerprint density at radius 1 is 1.10 bits per heavy atom. The summed E-state index contributed by atoms with van der Waals surface area (Å²) in [6.45, 7) is 7.56. The highest BCUT2D eigenvalue weighted by Crippen LogP contribution is 2.24. The van der Waals surface area contributed by atoms with E-state index in [0.29, 0.717) is 6.04 Å². The second-order valence-electron chi connectivity index (χ2n) is 5.71. The summed E-state index contributed by atoms with van der Waals surface area (Å²) in [7, 11) is 0. The first-order valence-electron chi connectivity index (χ1n) is 7.65. The first-order chi connectivity index (χ1) is 10.1. The number of aryl methyl sites for hydroxylation is 2. The van der Waals surface area contributed by atoms with E-state index < -0.39 is 0 Å². The van der Waals surface area contributed by atoms with Crippen LogP contribution in [0.3, 0.4) is 0 Å². The van der Waals surface area contributed by atoms with Crippen LogP contribution in [0.25, 0.3) is 0 Å². The fourth-order valence-corrected chi connectivity index (χ4v) is 2.83. The molecule has 0 spiro atoms. The van der Waals surface area contributed by atoms with Crippen LogP contribution in [-0.4, -0.2) is 6.54 Å². The maximum atomic E-state index is 3.69. The molecule has 1 N–H and O–H groups in total. The van der Waals surface area contributed by atoms with E-state index >= 15 is 0 Å². The van der Waals surface area contributed by atoms with Crippen molar-refractivity contribution in [3.8, 4) is 0 Å². The van der Waals surface area contributed by atoms with Crippen LogP contribution >= 0.6 is 15.9 Å². The molecular weight excluding hydrogens is 322 g/mol. The van der Waals surface area contributed by atoms with Gasteiger partial charge >= 0.3 is 0 Å². The van der Waals surface area contributed by atoms with Crippen molar-refractivity contribution in [2.24, 2.45) is 0 Å². The molecule has 0 bridgehead atoms. The molecule has 1 atom stereocenters. The highest BCUT2D eigenvalue weighted by atomic mass is 79.9. The number of benzene rings is 2. The molecule has 0 saturated heterocycles. The predicted molar refractivity (Wildman–Crippen MR) is 94.8 cm³/mol. The fraction of sp³-hybridized carbons (Fsp3) is 0.368. The number of hydrogen-bond donors (Lipinski definition) is 1. The zero-order chi connectivity index (χ0) is 15.2. The third-order valence-corrected chi connectivity index (χ3v) is 4.64. The van der Waals surface area contributed by atoms with Crippen molar-refractivity contribution in [3.63, 3.8) is 0 Å². The molecule has 2 aromatic carbocycles. The topological polar surface area (TPSA) is 12.0 Å². The first kappa shape index (κ1) is 16.3. The van der Waals surface area contributed by atoms with Gasteiger partial charge < -0.3 is 5.32 Å². The van der Waals surface area contributed by atoms with Gasteiger partial charge in [0, 0.05) is 10.5 Å². The minimum absolute atomic E-state index is 0.374. The molecule has 2 heteroatoms. The Kier molecular flexibility index (Phi) is 6.01. The Hall–Kier alpha value is -1.12. The standard InChI is InChI=1S/C19H24BrN/c1-4-10-21-19(13-16-7-5-6-14(2)11-16)17-8-9-18(20)15(3)12-17/h5-9,11-12,19,21H,4,10,13H2,1-3H3. The van der Waals surface area contributed by atoms with Gasteiger partial charge in [-0.15, -0.1) is 0 Å². The summed E-state index contributed by atoms with van der Waals surface area (Å²) in [5.41, 5.74) is 5.38. The van der Waals surface area contributed by atoms with Crippen LogP contribution < -0.4 is 5.32 Å². The summed E-state index contributed by atoms with van der Waals surface area (Å²) < 4.78 is 1.18. The van der Waals surface area contributed by atoms with E-state index in [4.69, 9.17) is 0 Å². The number of nitrogens with one attached hydrogen (secondary N) is 1. The van der Waals surface area contributed by atoms with E-state index in [-0.39, 0.29) is 0 Å². The van der Waals surface area contributed by atoms with E-state index in [2.05, 4.69) is 84.5 Å². The summed E-state index contributed by atoms with van der Waals surface area (Å²) in [4.78, 5) is 0. The molecule has 1 nitrogen and oxygen atoms in total. The van der Waals surface area contributed by atoms with Crippen LogP contribution in [0.2, 0.25) is 0 Å². The van der Waals surface area contributed by atoms with Crippen LogP contribution in [0.5, 0.6) is 0 Å². The molecular formula is C19H24BrN. The lowest BCUT2D eigenvalue weighted by atomic mass is 9.96. The Balaban J connectivity index is 2.22. The zero-order valence-electron chi connectivity index (χ0n) is 13.1. The average Bonchev–Trinajstić information content (AvgIpc) is 2.46. The van der Waals surface area contributed by atoms with Crippen molar-refractivity contribution in [1.82, 2.24) is 5.32 Å². The summed E-state index contributed by atoms with van der Waals surface area (Å²) in [6, 6.07) is 15.8. The maximum Gasteiger partial charge on any atom is 0.0360 e. The Morgan fingerprint density at radius 2 is 1.90 bits per heavy atom. The van der Waals surface area contributed by atoms with Crippen LogP contribution in [0.4, 0.5) is 0 Å². The Labute approximate surface area is 136 Å². The highest BCUT2D eigenvalue weighted by Gasteiger charge is 2.12. The summed E-state index contributed by atoms with van der Waals surface area (Å²) in [5, 5.41) is 3.69. The predicted octanol–water partition coefficient (Wildman–Crippen LogP) is 5.35. The molecule has 2 rings (SSSR count). The maximum absolute atomic E-state index is 3.69. The van der Waals surface area contributed by atoms with Crippen molar-refractivity contribution in [1.29, 1.82) is 0 Å². The number of rotatable bonds is 6. The largest absolute Gasteiger partial charge is 0.310 e. The van der Waals surface area contributed by atoms with Crippen LogP contribution in [0.15, 0.2) is 46.9 Å². The lowest BCUT2D eigenvalue weighted by Crippen LogP contribution is -2.24. The summed E-state index contributed by atoms with van der Waals surface area (Å²) in [5.74, 6) is 0. The fourth-order valence-electron chi connectivity index (χ4n) is 2.59. The smallest absolute Gasteiger partial charge is 0.0360 e. The molecule has 0 amide bonds. The summed E-state index contributed by atoms with van der Waals surface area (Å²) >= 11 is 3.59. The minimum Gasteiger partial charge on any atom is -0.310 e. The molecule has 0 aliphatic heterocycles. The van der Waals surface area contributed by atoms with Gasteiger partial charge in [0.2, 0.25) is 0 Å².